The highest BCUT2D eigenvalue weighted by molar-refractivity contribution is 9.10. The van der Waals surface area contributed by atoms with Gasteiger partial charge < -0.3 is 4.42 Å². The van der Waals surface area contributed by atoms with E-state index in [-0.39, 0.29) is 11.3 Å². The lowest BCUT2D eigenvalue weighted by Crippen LogP contribution is -2.15. The number of fused-ring (bicyclic) bond motifs is 1. The van der Waals surface area contributed by atoms with E-state index in [0.29, 0.717) is 15.4 Å². The Morgan fingerprint density at radius 3 is 3.00 bits per heavy atom. The summed E-state index contributed by atoms with van der Waals surface area (Å²) in [4.78, 5) is 23.4. The van der Waals surface area contributed by atoms with E-state index >= 15 is 0 Å². The number of thioether (sulfide) groups is 1. The molecule has 0 fully saturated rings. The number of Topliss-reactive ketones (excluding diaryl/α,β-unsaturated/α-hetero) is 1. The molecule has 0 aliphatic carbocycles. The van der Waals surface area contributed by atoms with Crippen LogP contribution in [0.3, 0.4) is 0 Å². The number of carbonyl (C=O) groups is 1. The molecular weight excluding hydrogens is 318 g/mol. The van der Waals surface area contributed by atoms with Gasteiger partial charge in [-0.15, -0.1) is 0 Å². The number of ketones is 1. The summed E-state index contributed by atoms with van der Waals surface area (Å²) in [6.07, 6.45) is 0. The van der Waals surface area contributed by atoms with Crippen molar-refractivity contribution in [2.75, 3.05) is 5.75 Å². The quantitative estimate of drug-likeness (QED) is 0.493. The summed E-state index contributed by atoms with van der Waals surface area (Å²) < 4.78 is 5.76. The number of carbonyl (C=O) groups excluding carboxylic acids is 1. The molecule has 0 radical (unpaired) electrons. The lowest BCUT2D eigenvalue weighted by molar-refractivity contribution is 0.101. The Morgan fingerprint density at radius 2 is 2.28 bits per heavy atom. The van der Waals surface area contributed by atoms with Crippen molar-refractivity contribution in [3.8, 4) is 5.40 Å². The van der Waals surface area contributed by atoms with E-state index in [1.54, 1.807) is 23.6 Å². The Kier molecular flexibility index (Phi) is 3.84. The SMILES string of the molecule is N#CSCC(=O)c1cc2cccc(Br)c2oc1=O. The number of para-hydroxylation sites is 1. The fourth-order valence-electron chi connectivity index (χ4n) is 1.48. The van der Waals surface area contributed by atoms with Crippen LogP contribution < -0.4 is 5.63 Å². The molecule has 0 saturated heterocycles. The van der Waals surface area contributed by atoms with E-state index < -0.39 is 11.4 Å². The Labute approximate surface area is 115 Å². The van der Waals surface area contributed by atoms with Crippen molar-refractivity contribution in [3.05, 3.63) is 44.7 Å². The topological polar surface area (TPSA) is 71.1 Å². The lowest BCUT2D eigenvalue weighted by atomic mass is 10.1. The molecule has 2 rings (SSSR count). The normalized spacial score (nSPS) is 10.2. The van der Waals surface area contributed by atoms with E-state index in [1.165, 1.54) is 6.07 Å². The fourth-order valence-corrected chi connectivity index (χ4v) is 2.29. The third-order valence-electron chi connectivity index (χ3n) is 2.28. The molecule has 0 unspecified atom stereocenters. The van der Waals surface area contributed by atoms with Crippen LogP contribution in [0.1, 0.15) is 10.4 Å². The van der Waals surface area contributed by atoms with Crippen LogP contribution in [-0.2, 0) is 0 Å². The van der Waals surface area contributed by atoms with Crippen molar-refractivity contribution in [1.29, 1.82) is 5.26 Å². The summed E-state index contributed by atoms with van der Waals surface area (Å²) in [5.74, 6) is -0.460. The van der Waals surface area contributed by atoms with Gasteiger partial charge in [-0.25, -0.2) is 4.79 Å². The van der Waals surface area contributed by atoms with Crippen molar-refractivity contribution in [2.45, 2.75) is 0 Å². The first-order chi connectivity index (χ1) is 8.63. The van der Waals surface area contributed by atoms with Gasteiger partial charge in [-0.1, -0.05) is 12.1 Å². The molecule has 0 spiro atoms. The van der Waals surface area contributed by atoms with Crippen molar-refractivity contribution >= 4 is 44.4 Å². The van der Waals surface area contributed by atoms with Crippen LogP contribution in [0.5, 0.6) is 0 Å². The predicted molar refractivity (Wildman–Crippen MR) is 72.6 cm³/mol. The van der Waals surface area contributed by atoms with Crippen LogP contribution >= 0.6 is 27.7 Å². The van der Waals surface area contributed by atoms with Crippen molar-refractivity contribution < 1.29 is 9.21 Å². The lowest BCUT2D eigenvalue weighted by Gasteiger charge is -2.01. The van der Waals surface area contributed by atoms with Crippen molar-refractivity contribution in [1.82, 2.24) is 0 Å². The summed E-state index contributed by atoms with van der Waals surface area (Å²) in [7, 11) is 0. The van der Waals surface area contributed by atoms with Gasteiger partial charge in [-0.05, 0) is 39.8 Å². The molecule has 1 aromatic carbocycles. The number of hydrogen-bond donors (Lipinski definition) is 0. The van der Waals surface area contributed by atoms with E-state index in [2.05, 4.69) is 15.9 Å². The molecule has 0 saturated carbocycles. The average Bonchev–Trinajstić information content (AvgIpc) is 2.36. The summed E-state index contributed by atoms with van der Waals surface area (Å²) in [5.41, 5.74) is -0.298. The van der Waals surface area contributed by atoms with Gasteiger partial charge in [0, 0.05) is 5.39 Å². The molecular formula is C12H6BrNO3S. The summed E-state index contributed by atoms with van der Waals surface area (Å²) in [6, 6.07) is 6.77. The van der Waals surface area contributed by atoms with Crippen LogP contribution in [0.15, 0.2) is 37.9 Å². The molecule has 2 aromatic rings. The maximum absolute atomic E-state index is 11.7. The predicted octanol–water partition coefficient (Wildman–Crippen LogP) is 2.95. The zero-order valence-electron chi connectivity index (χ0n) is 8.97. The zero-order valence-corrected chi connectivity index (χ0v) is 11.4. The minimum atomic E-state index is -0.682. The second-order valence-electron chi connectivity index (χ2n) is 3.41. The van der Waals surface area contributed by atoms with Gasteiger partial charge in [0.15, 0.2) is 11.4 Å². The Hall–Kier alpha value is -1.58. The second kappa shape index (κ2) is 5.38. The maximum atomic E-state index is 11.7. The minimum Gasteiger partial charge on any atom is -0.421 e. The molecule has 0 aliphatic heterocycles. The van der Waals surface area contributed by atoms with Gasteiger partial charge in [0.2, 0.25) is 0 Å². The fraction of sp³-hybridized carbons (Fsp3) is 0.0833. The maximum Gasteiger partial charge on any atom is 0.347 e. The first kappa shape index (κ1) is 12.9. The number of rotatable bonds is 3. The van der Waals surface area contributed by atoms with Crippen LogP contribution in [0.4, 0.5) is 0 Å². The monoisotopic (exact) mass is 323 g/mol. The van der Waals surface area contributed by atoms with Crippen molar-refractivity contribution in [2.24, 2.45) is 0 Å². The van der Waals surface area contributed by atoms with E-state index in [1.807, 2.05) is 0 Å². The standard InChI is InChI=1S/C12H6BrNO3S/c13-9-3-1-2-7-4-8(10(15)5-18-6-14)12(16)17-11(7)9/h1-4H,5H2. The largest absolute Gasteiger partial charge is 0.421 e. The first-order valence-corrected chi connectivity index (χ1v) is 6.68. The number of thiocyanates is 1. The molecule has 0 amide bonds. The zero-order chi connectivity index (χ0) is 13.1. The molecule has 18 heavy (non-hydrogen) atoms. The number of nitriles is 1. The highest BCUT2D eigenvalue weighted by Crippen LogP contribution is 2.23. The van der Waals surface area contributed by atoms with E-state index in [9.17, 15) is 9.59 Å². The molecule has 1 heterocycles. The highest BCUT2D eigenvalue weighted by atomic mass is 79.9. The Morgan fingerprint density at radius 1 is 1.50 bits per heavy atom. The molecule has 1 aromatic heterocycles. The number of hydrogen-bond acceptors (Lipinski definition) is 5. The number of benzene rings is 1. The van der Waals surface area contributed by atoms with E-state index in [4.69, 9.17) is 9.68 Å². The summed E-state index contributed by atoms with van der Waals surface area (Å²) >= 11 is 4.06. The number of halogens is 1. The second-order valence-corrected chi connectivity index (χ2v) is 5.02. The van der Waals surface area contributed by atoms with Gasteiger partial charge in [0.05, 0.1) is 10.2 Å². The van der Waals surface area contributed by atoms with Crippen molar-refractivity contribution in [3.63, 3.8) is 0 Å². The molecule has 0 bridgehead atoms. The molecule has 0 atom stereocenters. The molecule has 0 aliphatic rings. The average molecular weight is 324 g/mol. The van der Waals surface area contributed by atoms with Gasteiger partial charge in [0.1, 0.15) is 11.0 Å². The Bertz CT molecular complexity index is 717. The van der Waals surface area contributed by atoms with Gasteiger partial charge in [0.25, 0.3) is 0 Å². The van der Waals surface area contributed by atoms with E-state index in [0.717, 1.165) is 11.8 Å². The van der Waals surface area contributed by atoms with Crippen LogP contribution in [0.25, 0.3) is 11.0 Å². The van der Waals surface area contributed by atoms with Gasteiger partial charge in [-0.2, -0.15) is 5.26 Å². The smallest absolute Gasteiger partial charge is 0.347 e. The Balaban J connectivity index is 2.54. The van der Waals surface area contributed by atoms with Crippen LogP contribution in [-0.4, -0.2) is 11.5 Å². The summed E-state index contributed by atoms with van der Waals surface area (Å²) in [5, 5.41) is 10.8. The number of nitrogens with zero attached hydrogens (tertiary/aromatic N) is 1. The molecule has 0 N–H and O–H groups in total. The molecule has 4 nitrogen and oxygen atoms in total. The summed E-state index contributed by atoms with van der Waals surface area (Å²) in [6.45, 7) is 0. The van der Waals surface area contributed by atoms with Crippen LogP contribution in [0.2, 0.25) is 0 Å². The highest BCUT2D eigenvalue weighted by Gasteiger charge is 2.14. The molecule has 90 valence electrons. The van der Waals surface area contributed by atoms with Gasteiger partial charge >= 0.3 is 5.63 Å². The first-order valence-electron chi connectivity index (χ1n) is 4.90. The minimum absolute atomic E-state index is 0.0247. The third-order valence-corrected chi connectivity index (χ3v) is 3.44. The third kappa shape index (κ3) is 2.47. The van der Waals surface area contributed by atoms with Gasteiger partial charge in [-0.3, -0.25) is 4.79 Å². The van der Waals surface area contributed by atoms with Crippen LogP contribution in [0, 0.1) is 10.7 Å². The molecule has 6 heteroatoms.